The number of aromatic nitrogens is 5. The van der Waals surface area contributed by atoms with Crippen molar-refractivity contribution in [2.75, 3.05) is 19.0 Å². The average molecular weight is 532 g/mol. The second-order valence-electron chi connectivity index (χ2n) is 8.17. The Morgan fingerprint density at radius 2 is 1.97 bits per heavy atom. The zero-order chi connectivity index (χ0) is 27.9. The minimum atomic E-state index is -1.08. The number of hydrogen-bond donors (Lipinski definition) is 4. The van der Waals surface area contributed by atoms with Gasteiger partial charge >= 0.3 is 11.7 Å². The number of carbonyl (C=O) groups excluding carboxylic acids is 1. The first-order valence-corrected chi connectivity index (χ1v) is 11.6. The summed E-state index contributed by atoms with van der Waals surface area (Å²) in [5, 5.41) is 17.1. The average Bonchev–Trinajstić information content (AvgIpc) is 3.32. The van der Waals surface area contributed by atoms with Crippen LogP contribution in [0.5, 0.6) is 11.5 Å². The number of carboxylic acids is 1. The van der Waals surface area contributed by atoms with E-state index in [1.165, 1.54) is 37.7 Å². The van der Waals surface area contributed by atoms with E-state index in [4.69, 9.17) is 15.2 Å². The Morgan fingerprint density at radius 3 is 2.64 bits per heavy atom. The number of hydrogen-bond acceptors (Lipinski definition) is 9. The number of anilines is 1. The predicted octanol–water partition coefficient (Wildman–Crippen LogP) is 1.85. The second-order valence-corrected chi connectivity index (χ2v) is 8.17. The van der Waals surface area contributed by atoms with Gasteiger partial charge in [0, 0.05) is 23.6 Å². The molecule has 200 valence electrons. The van der Waals surface area contributed by atoms with E-state index < -0.39 is 23.6 Å². The van der Waals surface area contributed by atoms with E-state index in [-0.39, 0.29) is 30.4 Å². The van der Waals surface area contributed by atoms with E-state index in [9.17, 15) is 19.5 Å². The van der Waals surface area contributed by atoms with Crippen molar-refractivity contribution >= 4 is 17.6 Å². The zero-order valence-electron chi connectivity index (χ0n) is 20.8. The SMILES string of the molecule is C=CCOc1cc(C(Nc2cc(C(N)=O)ccc2CC(=O)O)c2nn(-c3ncccn3)c(=O)[nH]2)ccc1OC. The Labute approximate surface area is 221 Å². The van der Waals surface area contributed by atoms with Crippen LogP contribution in [-0.4, -0.2) is 55.4 Å². The summed E-state index contributed by atoms with van der Waals surface area (Å²) in [5.74, 6) is -0.719. The minimum Gasteiger partial charge on any atom is -0.493 e. The quantitative estimate of drug-likeness (QED) is 0.196. The molecule has 1 unspecified atom stereocenters. The highest BCUT2D eigenvalue weighted by atomic mass is 16.5. The highest BCUT2D eigenvalue weighted by molar-refractivity contribution is 5.94. The lowest BCUT2D eigenvalue weighted by Gasteiger charge is -2.22. The van der Waals surface area contributed by atoms with Gasteiger partial charge in [-0.3, -0.25) is 14.6 Å². The number of carboxylic acid groups (broad SMARTS) is 1. The number of rotatable bonds is 12. The molecule has 2 heterocycles. The number of carbonyl (C=O) groups is 2. The molecule has 0 radical (unpaired) electrons. The van der Waals surface area contributed by atoms with Crippen LogP contribution in [0.4, 0.5) is 5.69 Å². The van der Waals surface area contributed by atoms with Crippen LogP contribution < -0.4 is 26.2 Å². The Balaban J connectivity index is 1.87. The van der Waals surface area contributed by atoms with E-state index in [0.29, 0.717) is 28.3 Å². The van der Waals surface area contributed by atoms with Crippen molar-refractivity contribution in [2.45, 2.75) is 12.5 Å². The van der Waals surface area contributed by atoms with Gasteiger partial charge in [0.1, 0.15) is 12.6 Å². The van der Waals surface area contributed by atoms with E-state index in [0.717, 1.165) is 4.68 Å². The van der Waals surface area contributed by atoms with Gasteiger partial charge in [-0.2, -0.15) is 0 Å². The molecule has 0 aliphatic heterocycles. The second kappa shape index (κ2) is 11.7. The number of amides is 1. The zero-order valence-corrected chi connectivity index (χ0v) is 20.8. The van der Waals surface area contributed by atoms with E-state index in [1.54, 1.807) is 30.3 Å². The lowest BCUT2D eigenvalue weighted by atomic mass is 10.0. The van der Waals surface area contributed by atoms with Gasteiger partial charge in [0.15, 0.2) is 17.3 Å². The maximum atomic E-state index is 12.8. The Kier molecular flexibility index (Phi) is 8.00. The number of nitrogens with two attached hydrogens (primary N) is 1. The minimum absolute atomic E-state index is 0.0516. The molecule has 13 nitrogen and oxygen atoms in total. The standard InChI is InChI=1S/C26H25N7O6/c1-3-11-39-20-13-16(7-8-19(20)38-2)22(24-31-26(37)33(32-24)25-28-9-4-10-29-25)30-18-12-17(23(27)36)6-5-15(18)14-21(34)35/h3-10,12-13,22,30H,1,11,14H2,2H3,(H2,27,36)(H,34,35)(H,31,32,37). The van der Waals surface area contributed by atoms with Crippen molar-refractivity contribution in [2.24, 2.45) is 5.73 Å². The molecule has 39 heavy (non-hydrogen) atoms. The number of benzene rings is 2. The molecular formula is C26H25N7O6. The summed E-state index contributed by atoms with van der Waals surface area (Å²) in [5.41, 5.74) is 6.28. The first kappa shape index (κ1) is 26.6. The molecule has 2 aromatic carbocycles. The molecule has 0 fully saturated rings. The lowest BCUT2D eigenvalue weighted by molar-refractivity contribution is -0.136. The molecule has 0 saturated carbocycles. The van der Waals surface area contributed by atoms with Crippen LogP contribution in [0, 0.1) is 0 Å². The molecule has 5 N–H and O–H groups in total. The summed E-state index contributed by atoms with van der Waals surface area (Å²) in [7, 11) is 1.50. The Bertz CT molecular complexity index is 1560. The third-order valence-electron chi connectivity index (χ3n) is 5.56. The third-order valence-corrected chi connectivity index (χ3v) is 5.56. The van der Waals surface area contributed by atoms with Crippen LogP contribution in [-0.2, 0) is 11.2 Å². The van der Waals surface area contributed by atoms with E-state index in [1.807, 2.05) is 0 Å². The number of aliphatic carboxylic acids is 1. The molecule has 1 amide bonds. The molecule has 13 heteroatoms. The number of ether oxygens (including phenoxy) is 2. The van der Waals surface area contributed by atoms with Gasteiger partial charge in [0.05, 0.1) is 13.5 Å². The van der Waals surface area contributed by atoms with Gasteiger partial charge in [0.2, 0.25) is 5.91 Å². The van der Waals surface area contributed by atoms with Gasteiger partial charge < -0.3 is 25.6 Å². The number of primary amides is 1. The smallest absolute Gasteiger partial charge is 0.350 e. The fourth-order valence-corrected chi connectivity index (χ4v) is 3.79. The number of H-pyrrole nitrogens is 1. The van der Waals surface area contributed by atoms with Crippen LogP contribution in [0.2, 0.25) is 0 Å². The number of nitrogens with zero attached hydrogens (tertiary/aromatic N) is 4. The van der Waals surface area contributed by atoms with Crippen molar-refractivity contribution in [1.29, 1.82) is 0 Å². The van der Waals surface area contributed by atoms with Crippen LogP contribution in [0.15, 0.2) is 72.3 Å². The van der Waals surface area contributed by atoms with Crippen molar-refractivity contribution in [3.8, 4) is 17.4 Å². The topological polar surface area (TPSA) is 187 Å². The summed E-state index contributed by atoms with van der Waals surface area (Å²) < 4.78 is 12.1. The largest absolute Gasteiger partial charge is 0.493 e. The first-order valence-electron chi connectivity index (χ1n) is 11.6. The van der Waals surface area contributed by atoms with Crippen LogP contribution >= 0.6 is 0 Å². The molecule has 0 bridgehead atoms. The maximum Gasteiger partial charge on any atom is 0.350 e. The summed E-state index contributed by atoms with van der Waals surface area (Å²) >= 11 is 0. The molecule has 1 atom stereocenters. The summed E-state index contributed by atoms with van der Waals surface area (Å²) in [4.78, 5) is 47.1. The number of methoxy groups -OCH3 is 1. The molecule has 2 aromatic heterocycles. The summed E-state index contributed by atoms with van der Waals surface area (Å²) in [6.07, 6.45) is 4.18. The van der Waals surface area contributed by atoms with Crippen LogP contribution in [0.3, 0.4) is 0 Å². The third kappa shape index (κ3) is 6.10. The highest BCUT2D eigenvalue weighted by Gasteiger charge is 2.24. The predicted molar refractivity (Wildman–Crippen MR) is 140 cm³/mol. The van der Waals surface area contributed by atoms with Gasteiger partial charge in [-0.1, -0.05) is 24.8 Å². The molecule has 0 spiro atoms. The Hall–Kier alpha value is -5.46. The molecule has 0 aliphatic carbocycles. The number of aromatic amines is 1. The summed E-state index contributed by atoms with van der Waals surface area (Å²) in [6, 6.07) is 10.2. The number of nitrogens with one attached hydrogen (secondary N) is 2. The Morgan fingerprint density at radius 1 is 1.21 bits per heavy atom. The van der Waals surface area contributed by atoms with Crippen molar-refractivity contribution in [3.63, 3.8) is 0 Å². The van der Waals surface area contributed by atoms with E-state index >= 15 is 0 Å². The van der Waals surface area contributed by atoms with Gasteiger partial charge in [0.25, 0.3) is 5.95 Å². The summed E-state index contributed by atoms with van der Waals surface area (Å²) in [6.45, 7) is 3.87. The van der Waals surface area contributed by atoms with E-state index in [2.05, 4.69) is 31.9 Å². The molecule has 0 saturated heterocycles. The fourth-order valence-electron chi connectivity index (χ4n) is 3.79. The highest BCUT2D eigenvalue weighted by Crippen LogP contribution is 2.34. The first-order chi connectivity index (χ1) is 18.8. The fraction of sp³-hybridized carbons (Fsp3) is 0.154. The molecule has 4 aromatic rings. The lowest BCUT2D eigenvalue weighted by Crippen LogP contribution is -2.18. The van der Waals surface area contributed by atoms with Crippen molar-refractivity contribution in [3.05, 3.63) is 101 Å². The molecule has 0 aliphatic rings. The van der Waals surface area contributed by atoms with Gasteiger partial charge in [-0.15, -0.1) is 9.78 Å². The van der Waals surface area contributed by atoms with Crippen LogP contribution in [0.25, 0.3) is 5.95 Å². The van der Waals surface area contributed by atoms with Crippen molar-refractivity contribution in [1.82, 2.24) is 24.7 Å². The molecule has 4 rings (SSSR count). The van der Waals surface area contributed by atoms with Crippen molar-refractivity contribution < 1.29 is 24.2 Å². The van der Waals surface area contributed by atoms with Gasteiger partial charge in [-0.05, 0) is 41.5 Å². The maximum absolute atomic E-state index is 12.8. The monoisotopic (exact) mass is 531 g/mol. The molecular weight excluding hydrogens is 506 g/mol. The van der Waals surface area contributed by atoms with Crippen LogP contribution in [0.1, 0.15) is 33.4 Å². The normalized spacial score (nSPS) is 11.4. The van der Waals surface area contributed by atoms with Gasteiger partial charge in [-0.25, -0.2) is 14.8 Å².